The zero-order valence-electron chi connectivity index (χ0n) is 19.4. The van der Waals surface area contributed by atoms with Gasteiger partial charge in [-0.1, -0.05) is 18.2 Å². The quantitative estimate of drug-likeness (QED) is 0.691. The fraction of sp³-hybridized carbons (Fsp3) is 0.423. The number of methoxy groups -OCH3 is 1. The predicted octanol–water partition coefficient (Wildman–Crippen LogP) is 2.93. The number of anilines is 1. The first-order valence-corrected chi connectivity index (χ1v) is 11.8. The van der Waals surface area contributed by atoms with Crippen LogP contribution in [-0.4, -0.2) is 55.5 Å². The fourth-order valence-electron chi connectivity index (χ4n) is 5.33. The number of likely N-dealkylation sites (tertiary alicyclic amines) is 1. The van der Waals surface area contributed by atoms with E-state index in [0.29, 0.717) is 38.2 Å². The third kappa shape index (κ3) is 4.44. The van der Waals surface area contributed by atoms with Crippen LogP contribution in [0.4, 0.5) is 10.5 Å². The minimum Gasteiger partial charge on any atom is -0.497 e. The number of amides is 4. The van der Waals surface area contributed by atoms with E-state index in [0.717, 1.165) is 36.3 Å². The second-order valence-electron chi connectivity index (χ2n) is 9.64. The third-order valence-electron chi connectivity index (χ3n) is 7.12. The molecule has 34 heavy (non-hydrogen) atoms. The van der Waals surface area contributed by atoms with E-state index in [9.17, 15) is 14.4 Å². The zero-order valence-corrected chi connectivity index (χ0v) is 19.4. The van der Waals surface area contributed by atoms with E-state index < -0.39 is 0 Å². The molecular formula is C26H30N4O4. The van der Waals surface area contributed by atoms with E-state index in [-0.39, 0.29) is 29.3 Å². The first-order chi connectivity index (χ1) is 16.4. The Morgan fingerprint density at radius 3 is 2.56 bits per heavy atom. The minimum absolute atomic E-state index is 0.00719. The summed E-state index contributed by atoms with van der Waals surface area (Å²) < 4.78 is 5.14. The molecule has 0 atom stereocenters. The van der Waals surface area contributed by atoms with Crippen molar-refractivity contribution in [2.45, 2.75) is 38.3 Å². The highest BCUT2D eigenvalue weighted by molar-refractivity contribution is 5.99. The van der Waals surface area contributed by atoms with Crippen LogP contribution in [0.3, 0.4) is 0 Å². The van der Waals surface area contributed by atoms with Gasteiger partial charge in [0.25, 0.3) is 5.91 Å². The lowest BCUT2D eigenvalue weighted by atomic mass is 9.60. The third-order valence-corrected chi connectivity index (χ3v) is 7.12. The summed E-state index contributed by atoms with van der Waals surface area (Å²) in [6, 6.07) is 14.9. The SMILES string of the molecule is COc1ccc(CNC(=O)NC2CC3(C2)CN(C(=O)c2cccc(N4CCCC4=O)c2)C3)cc1. The van der Waals surface area contributed by atoms with Crippen molar-refractivity contribution in [3.63, 3.8) is 0 Å². The topological polar surface area (TPSA) is 91.0 Å². The highest BCUT2D eigenvalue weighted by Crippen LogP contribution is 2.48. The second-order valence-corrected chi connectivity index (χ2v) is 9.64. The van der Waals surface area contributed by atoms with E-state index in [2.05, 4.69) is 10.6 Å². The average molecular weight is 463 g/mol. The number of hydrogen-bond donors (Lipinski definition) is 2. The standard InChI is InChI=1S/C26H30N4O4/c1-34-22-9-7-18(8-10-22)15-27-25(33)28-20-13-26(14-20)16-29(17-26)24(32)19-4-2-5-21(12-19)30-11-3-6-23(30)31/h2,4-5,7-10,12,20H,3,6,11,13-17H2,1H3,(H2,27,28,33). The maximum Gasteiger partial charge on any atom is 0.315 e. The van der Waals surface area contributed by atoms with E-state index in [1.165, 1.54) is 0 Å². The molecule has 2 aromatic rings. The monoisotopic (exact) mass is 462 g/mol. The highest BCUT2D eigenvalue weighted by atomic mass is 16.5. The van der Waals surface area contributed by atoms with Crippen LogP contribution in [0.2, 0.25) is 0 Å². The molecule has 2 heterocycles. The van der Waals surface area contributed by atoms with Gasteiger partial charge in [0, 0.05) is 55.3 Å². The van der Waals surface area contributed by atoms with Gasteiger partial charge in [-0.25, -0.2) is 4.79 Å². The summed E-state index contributed by atoms with van der Waals surface area (Å²) in [5.74, 6) is 0.914. The summed E-state index contributed by atoms with van der Waals surface area (Å²) in [6.07, 6.45) is 3.20. The Bertz CT molecular complexity index is 1090. The largest absolute Gasteiger partial charge is 0.497 e. The Labute approximate surface area is 199 Å². The number of benzene rings is 2. The number of ether oxygens (including phenoxy) is 1. The Balaban J connectivity index is 1.06. The number of nitrogens with zero attached hydrogens (tertiary/aromatic N) is 2. The molecule has 0 radical (unpaired) electrons. The Morgan fingerprint density at radius 2 is 1.88 bits per heavy atom. The van der Waals surface area contributed by atoms with Gasteiger partial charge < -0.3 is 25.2 Å². The molecular weight excluding hydrogens is 432 g/mol. The summed E-state index contributed by atoms with van der Waals surface area (Å²) in [4.78, 5) is 40.9. The molecule has 1 spiro atoms. The van der Waals surface area contributed by atoms with Gasteiger partial charge in [0.05, 0.1) is 7.11 Å². The number of carbonyl (C=O) groups excluding carboxylic acids is 3. The molecule has 178 valence electrons. The molecule has 0 aromatic heterocycles. The lowest BCUT2D eigenvalue weighted by Gasteiger charge is -2.59. The van der Waals surface area contributed by atoms with Crippen molar-refractivity contribution in [2.24, 2.45) is 5.41 Å². The van der Waals surface area contributed by atoms with Gasteiger partial charge in [-0.2, -0.15) is 0 Å². The summed E-state index contributed by atoms with van der Waals surface area (Å²) in [5.41, 5.74) is 2.55. The van der Waals surface area contributed by atoms with Crippen molar-refractivity contribution in [1.29, 1.82) is 0 Å². The van der Waals surface area contributed by atoms with Crippen molar-refractivity contribution < 1.29 is 19.1 Å². The van der Waals surface area contributed by atoms with Crippen LogP contribution in [0.25, 0.3) is 0 Å². The Morgan fingerprint density at radius 1 is 1.12 bits per heavy atom. The number of hydrogen-bond acceptors (Lipinski definition) is 4. The molecule has 1 aliphatic carbocycles. The van der Waals surface area contributed by atoms with E-state index in [1.54, 1.807) is 12.0 Å². The van der Waals surface area contributed by atoms with Crippen LogP contribution in [0.15, 0.2) is 48.5 Å². The molecule has 1 saturated carbocycles. The van der Waals surface area contributed by atoms with Gasteiger partial charge in [0.1, 0.15) is 5.75 Å². The smallest absolute Gasteiger partial charge is 0.315 e. The first kappa shape index (κ1) is 22.3. The molecule has 3 aliphatic rings. The maximum absolute atomic E-state index is 13.0. The molecule has 0 bridgehead atoms. The first-order valence-electron chi connectivity index (χ1n) is 11.8. The lowest BCUT2D eigenvalue weighted by Crippen LogP contribution is -2.67. The summed E-state index contributed by atoms with van der Waals surface area (Å²) in [6.45, 7) is 2.60. The average Bonchev–Trinajstić information content (AvgIpc) is 3.24. The number of carbonyl (C=O) groups is 3. The molecule has 0 unspecified atom stereocenters. The molecule has 4 amide bonds. The zero-order chi connectivity index (χ0) is 23.7. The van der Waals surface area contributed by atoms with Crippen molar-refractivity contribution in [3.8, 4) is 5.75 Å². The molecule has 2 aromatic carbocycles. The minimum atomic E-state index is -0.170. The Hall–Kier alpha value is -3.55. The maximum atomic E-state index is 13.0. The van der Waals surface area contributed by atoms with E-state index >= 15 is 0 Å². The lowest BCUT2D eigenvalue weighted by molar-refractivity contribution is -0.117. The van der Waals surface area contributed by atoms with Crippen molar-refractivity contribution in [3.05, 3.63) is 59.7 Å². The van der Waals surface area contributed by atoms with Crippen LogP contribution in [0.1, 0.15) is 41.6 Å². The van der Waals surface area contributed by atoms with Gasteiger partial charge in [-0.3, -0.25) is 9.59 Å². The molecule has 8 heteroatoms. The van der Waals surface area contributed by atoms with Gasteiger partial charge in [0.15, 0.2) is 0 Å². The second kappa shape index (κ2) is 9.00. The van der Waals surface area contributed by atoms with E-state index in [1.807, 2.05) is 53.4 Å². The van der Waals surface area contributed by atoms with Gasteiger partial charge in [-0.15, -0.1) is 0 Å². The van der Waals surface area contributed by atoms with Crippen LogP contribution < -0.4 is 20.3 Å². The molecule has 2 saturated heterocycles. The number of nitrogens with one attached hydrogen (secondary N) is 2. The molecule has 8 nitrogen and oxygen atoms in total. The summed E-state index contributed by atoms with van der Waals surface area (Å²) >= 11 is 0. The summed E-state index contributed by atoms with van der Waals surface area (Å²) in [7, 11) is 1.62. The molecule has 2 aliphatic heterocycles. The van der Waals surface area contributed by atoms with Crippen LogP contribution in [0.5, 0.6) is 5.75 Å². The summed E-state index contributed by atoms with van der Waals surface area (Å²) in [5, 5.41) is 5.93. The van der Waals surface area contributed by atoms with Gasteiger partial charge in [0.2, 0.25) is 5.91 Å². The fourth-order valence-corrected chi connectivity index (χ4v) is 5.33. The molecule has 2 N–H and O–H groups in total. The highest BCUT2D eigenvalue weighted by Gasteiger charge is 2.54. The van der Waals surface area contributed by atoms with Crippen molar-refractivity contribution in [1.82, 2.24) is 15.5 Å². The molecule has 5 rings (SSSR count). The van der Waals surface area contributed by atoms with E-state index in [4.69, 9.17) is 4.74 Å². The van der Waals surface area contributed by atoms with Crippen molar-refractivity contribution >= 4 is 23.5 Å². The number of rotatable bonds is 6. The van der Waals surface area contributed by atoms with Crippen LogP contribution in [-0.2, 0) is 11.3 Å². The van der Waals surface area contributed by atoms with Gasteiger partial charge >= 0.3 is 6.03 Å². The predicted molar refractivity (Wildman–Crippen MR) is 128 cm³/mol. The van der Waals surface area contributed by atoms with Gasteiger partial charge in [-0.05, 0) is 55.2 Å². The Kier molecular flexibility index (Phi) is 5.89. The normalized spacial score (nSPS) is 18.9. The van der Waals surface area contributed by atoms with Crippen molar-refractivity contribution in [2.75, 3.05) is 31.6 Å². The van der Waals surface area contributed by atoms with Crippen LogP contribution >= 0.6 is 0 Å². The molecule has 3 fully saturated rings. The number of urea groups is 1. The van der Waals surface area contributed by atoms with Crippen LogP contribution in [0, 0.1) is 5.41 Å².